The predicted octanol–water partition coefficient (Wildman–Crippen LogP) is 3.53. The van der Waals surface area contributed by atoms with E-state index in [1.807, 2.05) is 0 Å². The Balaban J connectivity index is 2.25. The van der Waals surface area contributed by atoms with E-state index in [2.05, 4.69) is 17.1 Å². The molecule has 1 aliphatic rings. The highest BCUT2D eigenvalue weighted by molar-refractivity contribution is 5.36. The second-order valence-corrected chi connectivity index (χ2v) is 5.41. The Morgan fingerprint density at radius 2 is 2.00 bits per heavy atom. The van der Waals surface area contributed by atoms with Gasteiger partial charge in [0.05, 0.1) is 6.04 Å². The minimum Gasteiger partial charge on any atom is -0.405 e. The van der Waals surface area contributed by atoms with Crippen molar-refractivity contribution in [1.82, 2.24) is 5.43 Å². The van der Waals surface area contributed by atoms with E-state index < -0.39 is 6.36 Å². The molecule has 6 heteroatoms. The lowest BCUT2D eigenvalue weighted by atomic mass is 9.91. The van der Waals surface area contributed by atoms with Crippen molar-refractivity contribution in [3.05, 3.63) is 29.8 Å². The normalized spacial score (nSPS) is 24.6. The maximum atomic E-state index is 12.5. The number of ether oxygens (including phenoxy) is 1. The Morgan fingerprint density at radius 1 is 1.30 bits per heavy atom. The highest BCUT2D eigenvalue weighted by atomic mass is 19.4. The molecule has 1 aromatic rings. The Bertz CT molecular complexity index is 450. The van der Waals surface area contributed by atoms with Gasteiger partial charge in [0.25, 0.3) is 0 Å². The molecule has 0 radical (unpaired) electrons. The minimum absolute atomic E-state index is 0.178. The predicted molar refractivity (Wildman–Crippen MR) is 69.7 cm³/mol. The van der Waals surface area contributed by atoms with Gasteiger partial charge in [0.2, 0.25) is 0 Å². The van der Waals surface area contributed by atoms with Crippen LogP contribution in [0.25, 0.3) is 0 Å². The second kappa shape index (κ2) is 6.01. The first-order valence-electron chi connectivity index (χ1n) is 6.71. The molecule has 1 saturated carbocycles. The second-order valence-electron chi connectivity index (χ2n) is 5.41. The van der Waals surface area contributed by atoms with Gasteiger partial charge in [-0.1, -0.05) is 31.5 Å². The van der Waals surface area contributed by atoms with E-state index in [0.29, 0.717) is 11.5 Å². The van der Waals surface area contributed by atoms with Gasteiger partial charge in [-0.15, -0.1) is 13.2 Å². The number of hydrogen-bond donors (Lipinski definition) is 2. The molecule has 0 bridgehead atoms. The lowest BCUT2D eigenvalue weighted by molar-refractivity contribution is -0.275. The molecule has 3 unspecified atom stereocenters. The molecule has 3 nitrogen and oxygen atoms in total. The zero-order valence-corrected chi connectivity index (χ0v) is 11.3. The third-order valence-corrected chi connectivity index (χ3v) is 3.87. The van der Waals surface area contributed by atoms with Gasteiger partial charge in [-0.3, -0.25) is 11.3 Å². The number of nitrogens with two attached hydrogens (primary N) is 1. The van der Waals surface area contributed by atoms with E-state index in [1.165, 1.54) is 12.1 Å². The number of rotatable bonds is 4. The summed E-state index contributed by atoms with van der Waals surface area (Å²) in [6.45, 7) is 2.14. The van der Waals surface area contributed by atoms with Crippen LogP contribution in [0.4, 0.5) is 13.2 Å². The lowest BCUT2D eigenvalue weighted by Gasteiger charge is -2.25. The van der Waals surface area contributed by atoms with E-state index >= 15 is 0 Å². The van der Waals surface area contributed by atoms with Gasteiger partial charge in [-0.05, 0) is 30.7 Å². The quantitative estimate of drug-likeness (QED) is 0.658. The molecular formula is C14H19F3N2O. The van der Waals surface area contributed by atoms with Gasteiger partial charge in [0, 0.05) is 5.56 Å². The highest BCUT2D eigenvalue weighted by Crippen LogP contribution is 2.41. The van der Waals surface area contributed by atoms with Crippen molar-refractivity contribution in [3.8, 4) is 5.75 Å². The molecule has 1 aromatic carbocycles. The molecule has 0 spiro atoms. The Hall–Kier alpha value is -1.27. The average molecular weight is 288 g/mol. The zero-order chi connectivity index (χ0) is 14.8. The van der Waals surface area contributed by atoms with Gasteiger partial charge in [-0.25, -0.2) is 0 Å². The van der Waals surface area contributed by atoms with Gasteiger partial charge >= 0.3 is 6.36 Å². The summed E-state index contributed by atoms with van der Waals surface area (Å²) in [6.07, 6.45) is -1.71. The van der Waals surface area contributed by atoms with Crippen LogP contribution in [0.2, 0.25) is 0 Å². The standard InChI is InChI=1S/C14H19F3N2O/c1-9-6-7-10(8-9)13(19-18)11-4-2-3-5-12(11)20-14(15,16)17/h2-5,9-10,13,19H,6-8,18H2,1H3. The van der Waals surface area contributed by atoms with Crippen LogP contribution in [-0.2, 0) is 0 Å². The van der Waals surface area contributed by atoms with Crippen molar-refractivity contribution in [2.24, 2.45) is 17.7 Å². The van der Waals surface area contributed by atoms with Crippen molar-refractivity contribution in [3.63, 3.8) is 0 Å². The topological polar surface area (TPSA) is 47.3 Å². The van der Waals surface area contributed by atoms with E-state index in [9.17, 15) is 13.2 Å². The van der Waals surface area contributed by atoms with Crippen molar-refractivity contribution >= 4 is 0 Å². The van der Waals surface area contributed by atoms with Gasteiger partial charge < -0.3 is 4.74 Å². The molecular weight excluding hydrogens is 269 g/mol. The third kappa shape index (κ3) is 3.64. The van der Waals surface area contributed by atoms with Crippen LogP contribution in [0.1, 0.15) is 37.8 Å². The van der Waals surface area contributed by atoms with E-state index in [1.54, 1.807) is 12.1 Å². The molecule has 3 N–H and O–H groups in total. The summed E-state index contributed by atoms with van der Waals surface area (Å²) in [5.74, 6) is 6.20. The molecule has 1 aliphatic carbocycles. The molecule has 112 valence electrons. The summed E-state index contributed by atoms with van der Waals surface area (Å²) < 4.78 is 41.5. The summed E-state index contributed by atoms with van der Waals surface area (Å²) in [7, 11) is 0. The number of nitrogens with one attached hydrogen (secondary N) is 1. The number of hydrazine groups is 1. The smallest absolute Gasteiger partial charge is 0.405 e. The first kappa shape index (κ1) is 15.1. The molecule has 0 heterocycles. The molecule has 1 fully saturated rings. The fraction of sp³-hybridized carbons (Fsp3) is 0.571. The first-order chi connectivity index (χ1) is 9.40. The minimum atomic E-state index is -4.70. The summed E-state index contributed by atoms with van der Waals surface area (Å²) in [6, 6.07) is 5.86. The number of benzene rings is 1. The number of alkyl halides is 3. The van der Waals surface area contributed by atoms with E-state index in [4.69, 9.17) is 5.84 Å². The largest absolute Gasteiger partial charge is 0.573 e. The lowest BCUT2D eigenvalue weighted by Crippen LogP contribution is -2.33. The first-order valence-corrected chi connectivity index (χ1v) is 6.71. The average Bonchev–Trinajstić information content (AvgIpc) is 2.77. The zero-order valence-electron chi connectivity index (χ0n) is 11.3. The summed E-state index contributed by atoms with van der Waals surface area (Å²) in [5.41, 5.74) is 3.12. The fourth-order valence-electron chi connectivity index (χ4n) is 2.99. The maximum Gasteiger partial charge on any atom is 0.573 e. The molecule has 0 aliphatic heterocycles. The summed E-state index contributed by atoms with van der Waals surface area (Å²) in [5, 5.41) is 0. The Morgan fingerprint density at radius 3 is 2.55 bits per heavy atom. The van der Waals surface area contributed by atoms with Crippen LogP contribution in [0.5, 0.6) is 5.75 Å². The van der Waals surface area contributed by atoms with Gasteiger partial charge in [0.1, 0.15) is 5.75 Å². The molecule has 0 amide bonds. The van der Waals surface area contributed by atoms with Crippen molar-refractivity contribution in [2.45, 2.75) is 38.6 Å². The van der Waals surface area contributed by atoms with Crippen LogP contribution >= 0.6 is 0 Å². The van der Waals surface area contributed by atoms with Crippen LogP contribution < -0.4 is 16.0 Å². The maximum absolute atomic E-state index is 12.5. The van der Waals surface area contributed by atoms with Gasteiger partial charge in [0.15, 0.2) is 0 Å². The SMILES string of the molecule is CC1CCC(C(NN)c2ccccc2OC(F)(F)F)C1. The summed E-state index contributed by atoms with van der Waals surface area (Å²) >= 11 is 0. The van der Waals surface area contributed by atoms with E-state index in [0.717, 1.165) is 19.3 Å². The number of para-hydroxylation sites is 1. The molecule has 0 aromatic heterocycles. The molecule has 0 saturated heterocycles. The molecule has 2 rings (SSSR count). The van der Waals surface area contributed by atoms with Crippen LogP contribution in [0.15, 0.2) is 24.3 Å². The summed E-state index contributed by atoms with van der Waals surface area (Å²) in [4.78, 5) is 0. The van der Waals surface area contributed by atoms with Crippen LogP contribution in [-0.4, -0.2) is 6.36 Å². The van der Waals surface area contributed by atoms with Gasteiger partial charge in [-0.2, -0.15) is 0 Å². The van der Waals surface area contributed by atoms with Crippen molar-refractivity contribution in [2.75, 3.05) is 0 Å². The van der Waals surface area contributed by atoms with Crippen molar-refractivity contribution < 1.29 is 17.9 Å². The van der Waals surface area contributed by atoms with Crippen LogP contribution in [0, 0.1) is 11.8 Å². The number of halogens is 3. The Kier molecular flexibility index (Phi) is 4.55. The van der Waals surface area contributed by atoms with E-state index in [-0.39, 0.29) is 17.7 Å². The highest BCUT2D eigenvalue weighted by Gasteiger charge is 2.35. The number of hydrogen-bond acceptors (Lipinski definition) is 3. The van der Waals surface area contributed by atoms with Crippen LogP contribution in [0.3, 0.4) is 0 Å². The fourth-order valence-corrected chi connectivity index (χ4v) is 2.99. The van der Waals surface area contributed by atoms with Crippen molar-refractivity contribution in [1.29, 1.82) is 0 Å². The molecule has 20 heavy (non-hydrogen) atoms. The third-order valence-electron chi connectivity index (χ3n) is 3.87. The monoisotopic (exact) mass is 288 g/mol. The Labute approximate surface area is 116 Å². The molecule has 3 atom stereocenters.